The molecule has 108 valence electrons. The zero-order valence-electron chi connectivity index (χ0n) is 11.8. The molecular formula is C14H24N2O3. The van der Waals surface area contributed by atoms with Crippen LogP contribution < -0.4 is 0 Å². The number of carboxylic acid groups (broad SMARTS) is 1. The van der Waals surface area contributed by atoms with Crippen LogP contribution in [0.4, 0.5) is 0 Å². The maximum atomic E-state index is 12.3. The summed E-state index contributed by atoms with van der Waals surface area (Å²) in [5, 5.41) is 8.87. The number of piperazine rings is 1. The lowest BCUT2D eigenvalue weighted by atomic mass is 9.98. The summed E-state index contributed by atoms with van der Waals surface area (Å²) in [6.07, 6.45) is 5.24. The Bertz CT molecular complexity index is 353. The Labute approximate surface area is 114 Å². The molecule has 1 saturated heterocycles. The highest BCUT2D eigenvalue weighted by atomic mass is 16.4. The van der Waals surface area contributed by atoms with Gasteiger partial charge in [-0.2, -0.15) is 0 Å². The van der Waals surface area contributed by atoms with E-state index in [1.807, 2.05) is 7.05 Å². The highest BCUT2D eigenvalue weighted by Gasteiger charge is 2.41. The second-order valence-corrected chi connectivity index (χ2v) is 5.90. The van der Waals surface area contributed by atoms with Gasteiger partial charge in [0.25, 0.3) is 0 Å². The minimum atomic E-state index is -0.819. The Hall–Kier alpha value is -1.10. The summed E-state index contributed by atoms with van der Waals surface area (Å²) < 4.78 is 0. The van der Waals surface area contributed by atoms with E-state index >= 15 is 0 Å². The molecule has 2 unspecified atom stereocenters. The summed E-state index contributed by atoms with van der Waals surface area (Å²) >= 11 is 0. The van der Waals surface area contributed by atoms with Crippen LogP contribution in [-0.2, 0) is 9.59 Å². The molecule has 1 saturated carbocycles. The quantitative estimate of drug-likeness (QED) is 0.835. The lowest BCUT2D eigenvalue weighted by Gasteiger charge is -2.46. The molecule has 1 aliphatic carbocycles. The maximum Gasteiger partial charge on any atom is 0.303 e. The van der Waals surface area contributed by atoms with Crippen LogP contribution in [0.2, 0.25) is 0 Å². The average molecular weight is 268 g/mol. The van der Waals surface area contributed by atoms with Gasteiger partial charge in [0, 0.05) is 32.1 Å². The highest BCUT2D eigenvalue weighted by molar-refractivity contribution is 5.83. The van der Waals surface area contributed by atoms with E-state index in [9.17, 15) is 9.59 Å². The summed E-state index contributed by atoms with van der Waals surface area (Å²) in [4.78, 5) is 27.2. The molecule has 2 aliphatic rings. The number of amides is 1. The van der Waals surface area contributed by atoms with Crippen LogP contribution in [0, 0.1) is 0 Å². The van der Waals surface area contributed by atoms with Crippen molar-refractivity contribution in [2.45, 2.75) is 63.6 Å². The van der Waals surface area contributed by atoms with Crippen molar-refractivity contribution in [1.82, 2.24) is 9.80 Å². The topological polar surface area (TPSA) is 60.9 Å². The normalized spacial score (nSPS) is 30.0. The molecule has 0 spiro atoms. The molecule has 5 nitrogen and oxygen atoms in total. The third-order valence-corrected chi connectivity index (χ3v) is 4.45. The maximum absolute atomic E-state index is 12.3. The lowest BCUT2D eigenvalue weighted by Crippen LogP contribution is -2.62. The fourth-order valence-corrected chi connectivity index (χ4v) is 3.62. The second-order valence-electron chi connectivity index (χ2n) is 5.90. The lowest BCUT2D eigenvalue weighted by molar-refractivity contribution is -0.146. The third kappa shape index (κ3) is 3.08. The number of rotatable bonds is 4. The molecule has 0 bridgehead atoms. The number of hydrogen-bond donors (Lipinski definition) is 1. The van der Waals surface area contributed by atoms with Gasteiger partial charge in [-0.05, 0) is 26.2 Å². The molecule has 1 aliphatic heterocycles. The van der Waals surface area contributed by atoms with E-state index in [-0.39, 0.29) is 18.4 Å². The Kier molecular flexibility index (Phi) is 4.45. The largest absolute Gasteiger partial charge is 0.481 e. The van der Waals surface area contributed by atoms with Crippen LogP contribution >= 0.6 is 0 Å². The molecular weight excluding hydrogens is 244 g/mol. The summed E-state index contributed by atoms with van der Waals surface area (Å²) in [5.41, 5.74) is 0. The molecule has 2 atom stereocenters. The highest BCUT2D eigenvalue weighted by Crippen LogP contribution is 2.31. The molecule has 1 heterocycles. The van der Waals surface area contributed by atoms with Gasteiger partial charge in [0.1, 0.15) is 0 Å². The number of carbonyl (C=O) groups excluding carboxylic acids is 1. The van der Waals surface area contributed by atoms with Crippen molar-refractivity contribution < 1.29 is 14.7 Å². The second kappa shape index (κ2) is 5.90. The zero-order valence-corrected chi connectivity index (χ0v) is 11.8. The van der Waals surface area contributed by atoms with Gasteiger partial charge in [-0.15, -0.1) is 0 Å². The average Bonchev–Trinajstić information content (AvgIpc) is 2.85. The molecule has 1 N–H and O–H groups in total. The van der Waals surface area contributed by atoms with Crippen molar-refractivity contribution in [3.63, 3.8) is 0 Å². The van der Waals surface area contributed by atoms with Crippen LogP contribution in [0.1, 0.15) is 45.4 Å². The molecule has 0 aromatic rings. The van der Waals surface area contributed by atoms with Gasteiger partial charge in [0.05, 0.1) is 6.04 Å². The van der Waals surface area contributed by atoms with E-state index in [0.29, 0.717) is 18.5 Å². The molecule has 1 amide bonds. The first-order valence-electron chi connectivity index (χ1n) is 7.25. The molecule has 2 fully saturated rings. The first kappa shape index (κ1) is 14.3. The fourth-order valence-electron chi connectivity index (χ4n) is 3.62. The van der Waals surface area contributed by atoms with Crippen LogP contribution in [0.15, 0.2) is 0 Å². The van der Waals surface area contributed by atoms with E-state index in [1.165, 1.54) is 12.8 Å². The van der Waals surface area contributed by atoms with E-state index in [1.54, 1.807) is 4.90 Å². The Morgan fingerprint density at radius 2 is 2.00 bits per heavy atom. The molecule has 0 aromatic carbocycles. The minimum absolute atomic E-state index is 0.0696. The standard InChI is InChI=1S/C14H24N2O3/c1-10-9-15(2)14(19)12(7-8-13(17)18)16(10)11-5-3-4-6-11/h10-12H,3-9H2,1-2H3,(H,17,18). The molecule has 0 radical (unpaired) electrons. The number of likely N-dealkylation sites (N-methyl/N-ethyl adjacent to an activating group) is 1. The summed E-state index contributed by atoms with van der Waals surface area (Å²) in [6, 6.07) is 0.545. The van der Waals surface area contributed by atoms with Crippen LogP contribution in [0.3, 0.4) is 0 Å². The summed E-state index contributed by atoms with van der Waals surface area (Å²) in [6.45, 7) is 2.90. The van der Waals surface area contributed by atoms with Crippen molar-refractivity contribution >= 4 is 11.9 Å². The van der Waals surface area contributed by atoms with Gasteiger partial charge in [-0.25, -0.2) is 0 Å². The molecule has 5 heteroatoms. The van der Waals surface area contributed by atoms with Crippen molar-refractivity contribution in [3.05, 3.63) is 0 Å². The van der Waals surface area contributed by atoms with Crippen LogP contribution in [0.5, 0.6) is 0 Å². The van der Waals surface area contributed by atoms with Crippen LogP contribution in [0.25, 0.3) is 0 Å². The Morgan fingerprint density at radius 3 is 2.58 bits per heavy atom. The number of carbonyl (C=O) groups is 2. The monoisotopic (exact) mass is 268 g/mol. The van der Waals surface area contributed by atoms with Crippen molar-refractivity contribution in [1.29, 1.82) is 0 Å². The van der Waals surface area contributed by atoms with Gasteiger partial charge in [0.2, 0.25) is 5.91 Å². The van der Waals surface area contributed by atoms with Crippen LogP contribution in [-0.4, -0.2) is 58.5 Å². The zero-order chi connectivity index (χ0) is 14.0. The smallest absolute Gasteiger partial charge is 0.303 e. The predicted octanol–water partition coefficient (Wildman–Crippen LogP) is 1.32. The minimum Gasteiger partial charge on any atom is -0.481 e. The Balaban J connectivity index is 2.13. The third-order valence-electron chi connectivity index (χ3n) is 4.45. The number of carboxylic acids is 1. The molecule has 0 aromatic heterocycles. The predicted molar refractivity (Wildman–Crippen MR) is 71.9 cm³/mol. The summed E-state index contributed by atoms with van der Waals surface area (Å²) in [7, 11) is 1.82. The van der Waals surface area contributed by atoms with E-state index in [0.717, 1.165) is 19.4 Å². The number of aliphatic carboxylic acids is 1. The van der Waals surface area contributed by atoms with Gasteiger partial charge < -0.3 is 10.0 Å². The van der Waals surface area contributed by atoms with Gasteiger partial charge in [0.15, 0.2) is 0 Å². The van der Waals surface area contributed by atoms with E-state index in [2.05, 4.69) is 11.8 Å². The van der Waals surface area contributed by atoms with Gasteiger partial charge in [-0.3, -0.25) is 14.5 Å². The van der Waals surface area contributed by atoms with Crippen molar-refractivity contribution in [2.75, 3.05) is 13.6 Å². The number of nitrogens with zero attached hydrogens (tertiary/aromatic N) is 2. The first-order chi connectivity index (χ1) is 9.00. The van der Waals surface area contributed by atoms with Crippen molar-refractivity contribution in [3.8, 4) is 0 Å². The van der Waals surface area contributed by atoms with E-state index in [4.69, 9.17) is 5.11 Å². The van der Waals surface area contributed by atoms with Crippen molar-refractivity contribution in [2.24, 2.45) is 0 Å². The molecule has 19 heavy (non-hydrogen) atoms. The van der Waals surface area contributed by atoms with Gasteiger partial charge in [-0.1, -0.05) is 12.8 Å². The molecule has 2 rings (SSSR count). The fraction of sp³-hybridized carbons (Fsp3) is 0.857. The van der Waals surface area contributed by atoms with E-state index < -0.39 is 5.97 Å². The van der Waals surface area contributed by atoms with Gasteiger partial charge >= 0.3 is 5.97 Å². The number of hydrogen-bond acceptors (Lipinski definition) is 3. The first-order valence-corrected chi connectivity index (χ1v) is 7.25. The summed E-state index contributed by atoms with van der Waals surface area (Å²) in [5.74, 6) is -0.730. The Morgan fingerprint density at radius 1 is 1.37 bits per heavy atom. The SMILES string of the molecule is CC1CN(C)C(=O)C(CCC(=O)O)N1C1CCCC1.